The molecular formula is C7H7ClOS. The second-order valence-corrected chi connectivity index (χ2v) is 3.11. The Balaban J connectivity index is 2.69. The van der Waals surface area contributed by atoms with Crippen molar-refractivity contribution in [2.24, 2.45) is 0 Å². The van der Waals surface area contributed by atoms with Crippen LogP contribution in [-0.2, 0) is 4.18 Å². The van der Waals surface area contributed by atoms with Gasteiger partial charge >= 0.3 is 0 Å². The highest BCUT2D eigenvalue weighted by atomic mass is 35.5. The molecule has 0 aliphatic carbocycles. The van der Waals surface area contributed by atoms with E-state index in [-0.39, 0.29) is 0 Å². The molecule has 0 amide bonds. The van der Waals surface area contributed by atoms with Gasteiger partial charge in [0.05, 0.1) is 7.11 Å². The maximum atomic E-state index is 5.66. The Morgan fingerprint density at radius 3 is 2.40 bits per heavy atom. The molecular weight excluding hydrogens is 168 g/mol. The Morgan fingerprint density at radius 1 is 1.30 bits per heavy atom. The normalized spacial score (nSPS) is 9.80. The lowest BCUT2D eigenvalue weighted by molar-refractivity contribution is 0.490. The summed E-state index contributed by atoms with van der Waals surface area (Å²) in [5.41, 5.74) is 0. The molecule has 0 saturated carbocycles. The molecule has 0 aromatic heterocycles. The topological polar surface area (TPSA) is 9.23 Å². The minimum absolute atomic E-state index is 0.750. The smallest absolute Gasteiger partial charge is 0.0508 e. The molecule has 1 rings (SSSR count). The van der Waals surface area contributed by atoms with Crippen LogP contribution in [0.25, 0.3) is 0 Å². The third kappa shape index (κ3) is 2.21. The van der Waals surface area contributed by atoms with E-state index in [1.54, 1.807) is 7.11 Å². The van der Waals surface area contributed by atoms with Gasteiger partial charge in [-0.1, -0.05) is 11.6 Å². The third-order valence-corrected chi connectivity index (χ3v) is 1.88. The second-order valence-electron chi connectivity index (χ2n) is 1.70. The lowest BCUT2D eigenvalue weighted by Crippen LogP contribution is -1.70. The van der Waals surface area contributed by atoms with Crippen LogP contribution in [0.1, 0.15) is 0 Å². The Morgan fingerprint density at radius 2 is 1.90 bits per heavy atom. The predicted octanol–water partition coefficient (Wildman–Crippen LogP) is 2.99. The van der Waals surface area contributed by atoms with Crippen molar-refractivity contribution >= 4 is 23.6 Å². The van der Waals surface area contributed by atoms with Gasteiger partial charge in [-0.15, -0.1) is 0 Å². The van der Waals surface area contributed by atoms with Crippen LogP contribution in [0.4, 0.5) is 0 Å². The predicted molar refractivity (Wildman–Crippen MR) is 44.3 cm³/mol. The van der Waals surface area contributed by atoms with Gasteiger partial charge in [-0.2, -0.15) is 0 Å². The lowest BCUT2D eigenvalue weighted by Gasteiger charge is -1.95. The van der Waals surface area contributed by atoms with Crippen molar-refractivity contribution in [1.29, 1.82) is 0 Å². The minimum atomic E-state index is 0.750. The van der Waals surface area contributed by atoms with Crippen LogP contribution < -0.4 is 0 Å². The summed E-state index contributed by atoms with van der Waals surface area (Å²) >= 11 is 6.99. The van der Waals surface area contributed by atoms with E-state index in [9.17, 15) is 0 Å². The number of rotatable bonds is 2. The summed E-state index contributed by atoms with van der Waals surface area (Å²) in [7, 11) is 1.64. The van der Waals surface area contributed by atoms with Gasteiger partial charge in [-0.3, -0.25) is 0 Å². The number of hydrogen-bond acceptors (Lipinski definition) is 2. The Kier molecular flexibility index (Phi) is 3.06. The van der Waals surface area contributed by atoms with Gasteiger partial charge in [0.25, 0.3) is 0 Å². The van der Waals surface area contributed by atoms with Gasteiger partial charge in [0.2, 0.25) is 0 Å². The van der Waals surface area contributed by atoms with Crippen molar-refractivity contribution < 1.29 is 4.18 Å². The molecule has 1 aromatic carbocycles. The number of benzene rings is 1. The van der Waals surface area contributed by atoms with Crippen LogP contribution in [0.5, 0.6) is 0 Å². The molecule has 1 nitrogen and oxygen atoms in total. The third-order valence-electron chi connectivity index (χ3n) is 0.993. The maximum absolute atomic E-state index is 5.66. The van der Waals surface area contributed by atoms with Gasteiger partial charge in [-0.25, -0.2) is 0 Å². The zero-order valence-corrected chi connectivity index (χ0v) is 7.08. The van der Waals surface area contributed by atoms with Gasteiger partial charge < -0.3 is 4.18 Å². The van der Waals surface area contributed by atoms with Crippen molar-refractivity contribution in [2.75, 3.05) is 7.11 Å². The monoisotopic (exact) mass is 174 g/mol. The zero-order valence-electron chi connectivity index (χ0n) is 5.50. The summed E-state index contributed by atoms with van der Waals surface area (Å²) in [5, 5.41) is 0.750. The van der Waals surface area contributed by atoms with Crippen LogP contribution >= 0.6 is 23.6 Å². The highest BCUT2D eigenvalue weighted by molar-refractivity contribution is 7.94. The molecule has 0 aliphatic rings. The molecule has 0 spiro atoms. The van der Waals surface area contributed by atoms with E-state index >= 15 is 0 Å². The molecule has 0 fully saturated rings. The van der Waals surface area contributed by atoms with Gasteiger partial charge in [-0.05, 0) is 24.3 Å². The van der Waals surface area contributed by atoms with Crippen LogP contribution in [0, 0.1) is 0 Å². The zero-order chi connectivity index (χ0) is 7.40. The van der Waals surface area contributed by atoms with Crippen molar-refractivity contribution in [3.05, 3.63) is 29.3 Å². The quantitative estimate of drug-likeness (QED) is 0.638. The number of hydrogen-bond donors (Lipinski definition) is 0. The van der Waals surface area contributed by atoms with E-state index in [4.69, 9.17) is 15.8 Å². The van der Waals surface area contributed by atoms with E-state index in [1.165, 1.54) is 12.0 Å². The Labute approximate surface area is 69.5 Å². The molecule has 0 bridgehead atoms. The molecule has 0 atom stereocenters. The molecule has 0 unspecified atom stereocenters. The molecule has 1 aromatic rings. The first kappa shape index (κ1) is 7.92. The van der Waals surface area contributed by atoms with Crippen molar-refractivity contribution in [3.63, 3.8) is 0 Å². The molecule has 0 radical (unpaired) electrons. The summed E-state index contributed by atoms with van der Waals surface area (Å²) in [6.45, 7) is 0. The van der Waals surface area contributed by atoms with Crippen LogP contribution in [0.3, 0.4) is 0 Å². The largest absolute Gasteiger partial charge is 0.314 e. The average molecular weight is 175 g/mol. The SMILES string of the molecule is COSc1ccc(Cl)cc1. The van der Waals surface area contributed by atoms with Crippen LogP contribution in [0.15, 0.2) is 29.2 Å². The molecule has 0 heterocycles. The highest BCUT2D eigenvalue weighted by Gasteiger charge is 1.90. The minimum Gasteiger partial charge on any atom is -0.314 e. The standard InChI is InChI=1S/C7H7ClOS/c1-9-10-7-4-2-6(8)3-5-7/h2-5H,1H3. The molecule has 0 saturated heterocycles. The van der Waals surface area contributed by atoms with Crippen molar-refractivity contribution in [1.82, 2.24) is 0 Å². The van der Waals surface area contributed by atoms with Gasteiger partial charge in [0, 0.05) is 22.0 Å². The molecule has 3 heteroatoms. The lowest BCUT2D eigenvalue weighted by atomic mass is 10.4. The van der Waals surface area contributed by atoms with Crippen LogP contribution in [0.2, 0.25) is 5.02 Å². The summed E-state index contributed by atoms with van der Waals surface area (Å²) in [6.07, 6.45) is 0. The fraction of sp³-hybridized carbons (Fsp3) is 0.143. The highest BCUT2D eigenvalue weighted by Crippen LogP contribution is 2.19. The summed E-state index contributed by atoms with van der Waals surface area (Å²) in [5.74, 6) is 0. The first-order valence-corrected chi connectivity index (χ1v) is 3.91. The summed E-state index contributed by atoms with van der Waals surface area (Å²) in [4.78, 5) is 1.06. The fourth-order valence-electron chi connectivity index (χ4n) is 0.586. The number of halogens is 1. The first-order valence-electron chi connectivity index (χ1n) is 2.79. The average Bonchev–Trinajstić information content (AvgIpc) is 1.95. The Hall–Kier alpha value is -0.180. The summed E-state index contributed by atoms with van der Waals surface area (Å²) < 4.78 is 4.84. The molecule has 0 aliphatic heterocycles. The van der Waals surface area contributed by atoms with E-state index in [0.29, 0.717) is 0 Å². The maximum Gasteiger partial charge on any atom is 0.0508 e. The van der Waals surface area contributed by atoms with E-state index in [2.05, 4.69) is 0 Å². The molecule has 54 valence electrons. The van der Waals surface area contributed by atoms with Crippen LogP contribution in [-0.4, -0.2) is 7.11 Å². The second kappa shape index (κ2) is 3.86. The van der Waals surface area contributed by atoms with Crippen molar-refractivity contribution in [2.45, 2.75) is 4.90 Å². The van der Waals surface area contributed by atoms with Crippen molar-refractivity contribution in [3.8, 4) is 0 Å². The molecule has 0 N–H and O–H groups in total. The van der Waals surface area contributed by atoms with Gasteiger partial charge in [0.1, 0.15) is 0 Å². The van der Waals surface area contributed by atoms with E-state index in [1.807, 2.05) is 24.3 Å². The fourth-order valence-corrected chi connectivity index (χ4v) is 1.15. The summed E-state index contributed by atoms with van der Waals surface area (Å²) in [6, 6.07) is 7.50. The first-order chi connectivity index (χ1) is 4.83. The Bertz CT molecular complexity index is 197. The molecule has 10 heavy (non-hydrogen) atoms. The van der Waals surface area contributed by atoms with E-state index < -0.39 is 0 Å². The van der Waals surface area contributed by atoms with Gasteiger partial charge in [0.15, 0.2) is 0 Å². The van der Waals surface area contributed by atoms with E-state index in [0.717, 1.165) is 9.92 Å².